The molecule has 0 radical (unpaired) electrons. The van der Waals surface area contributed by atoms with E-state index >= 15 is 0 Å². The summed E-state index contributed by atoms with van der Waals surface area (Å²) >= 11 is 0. The van der Waals surface area contributed by atoms with Gasteiger partial charge in [0.05, 0.1) is 24.0 Å². The van der Waals surface area contributed by atoms with Gasteiger partial charge in [-0.15, -0.1) is 0 Å². The number of carbonyl (C=O) groups is 2. The van der Waals surface area contributed by atoms with Crippen LogP contribution in [0.3, 0.4) is 0 Å². The molecule has 0 bridgehead atoms. The Kier molecular flexibility index (Phi) is 6.09. The van der Waals surface area contributed by atoms with Crippen LogP contribution in [0.15, 0.2) is 53.3 Å². The molecule has 0 unspecified atom stereocenters. The van der Waals surface area contributed by atoms with Crippen molar-refractivity contribution >= 4 is 11.8 Å². The lowest BCUT2D eigenvalue weighted by Gasteiger charge is -2.29. The molecule has 0 aliphatic carbocycles. The summed E-state index contributed by atoms with van der Waals surface area (Å²) in [5.41, 5.74) is 1.04. The first-order chi connectivity index (χ1) is 13.7. The minimum atomic E-state index is -0.852. The van der Waals surface area contributed by atoms with Crippen LogP contribution in [0.5, 0.6) is 0 Å². The molecule has 1 aliphatic heterocycles. The Morgan fingerprint density at radius 1 is 1.21 bits per heavy atom. The molecule has 2 heterocycles. The largest absolute Gasteiger partial charge is 0.472 e. The van der Waals surface area contributed by atoms with E-state index in [4.69, 9.17) is 4.42 Å². The summed E-state index contributed by atoms with van der Waals surface area (Å²) in [7, 11) is 0. The lowest BCUT2D eigenvalue weighted by atomic mass is 9.98. The predicted molar refractivity (Wildman–Crippen MR) is 109 cm³/mol. The van der Waals surface area contributed by atoms with Crippen LogP contribution in [0.25, 0.3) is 0 Å². The highest BCUT2D eigenvalue weighted by atomic mass is 16.3. The van der Waals surface area contributed by atoms with Crippen LogP contribution in [-0.4, -0.2) is 52.0 Å². The number of benzene rings is 1. The van der Waals surface area contributed by atoms with E-state index in [-0.39, 0.29) is 30.3 Å². The lowest BCUT2D eigenvalue weighted by molar-refractivity contribution is -0.129. The number of hydrogen-bond acceptors (Lipinski definition) is 4. The lowest BCUT2D eigenvalue weighted by Crippen LogP contribution is -2.46. The molecule has 152 valence electrons. The van der Waals surface area contributed by atoms with Gasteiger partial charge in [0.1, 0.15) is 6.26 Å². The number of aliphatic hydroxyl groups excluding tert-OH is 1. The van der Waals surface area contributed by atoms with Gasteiger partial charge in [-0.1, -0.05) is 36.3 Å². The maximum absolute atomic E-state index is 13.0. The van der Waals surface area contributed by atoms with Gasteiger partial charge in [-0.3, -0.25) is 9.59 Å². The first-order valence-electron chi connectivity index (χ1n) is 9.62. The van der Waals surface area contributed by atoms with E-state index in [1.165, 1.54) is 12.5 Å². The summed E-state index contributed by atoms with van der Waals surface area (Å²) < 4.78 is 4.98. The fraction of sp³-hybridized carbons (Fsp3) is 0.391. The quantitative estimate of drug-likeness (QED) is 0.809. The van der Waals surface area contributed by atoms with Crippen LogP contribution in [0.1, 0.15) is 36.7 Å². The van der Waals surface area contributed by atoms with Crippen molar-refractivity contribution in [2.75, 3.05) is 13.1 Å². The first-order valence-corrected chi connectivity index (χ1v) is 9.62. The smallest absolute Gasteiger partial charge is 0.299 e. The van der Waals surface area contributed by atoms with Crippen molar-refractivity contribution in [1.82, 2.24) is 9.80 Å². The fourth-order valence-corrected chi connectivity index (χ4v) is 3.24. The highest BCUT2D eigenvalue weighted by molar-refractivity contribution is 5.95. The molecule has 1 aromatic heterocycles. The molecule has 1 saturated heterocycles. The number of β-amino-alcohol motifs (C(OH)–C–C–N with tert-alkyl or cyclic N) is 1. The van der Waals surface area contributed by atoms with Crippen molar-refractivity contribution in [2.24, 2.45) is 5.41 Å². The average molecular weight is 394 g/mol. The van der Waals surface area contributed by atoms with Crippen LogP contribution in [0.2, 0.25) is 0 Å². The van der Waals surface area contributed by atoms with E-state index in [0.717, 1.165) is 5.56 Å². The molecule has 6 nitrogen and oxygen atoms in total. The number of amides is 2. The molecular formula is C23H26N2O4. The summed E-state index contributed by atoms with van der Waals surface area (Å²) in [6.45, 7) is 6.51. The van der Waals surface area contributed by atoms with E-state index in [1.807, 2.05) is 51.1 Å². The Labute approximate surface area is 171 Å². The highest BCUT2D eigenvalue weighted by Gasteiger charge is 2.39. The Morgan fingerprint density at radius 3 is 2.55 bits per heavy atom. The van der Waals surface area contributed by atoms with Crippen LogP contribution >= 0.6 is 0 Å². The Bertz CT molecular complexity index is 904. The number of carbonyl (C=O) groups excluding carboxylic acids is 2. The van der Waals surface area contributed by atoms with Gasteiger partial charge in [0.15, 0.2) is 0 Å². The molecule has 1 N–H and O–H groups in total. The third-order valence-corrected chi connectivity index (χ3v) is 4.72. The van der Waals surface area contributed by atoms with Gasteiger partial charge >= 0.3 is 0 Å². The van der Waals surface area contributed by atoms with Crippen molar-refractivity contribution < 1.29 is 19.1 Å². The Balaban J connectivity index is 1.83. The minimum Gasteiger partial charge on any atom is -0.472 e. The molecule has 1 aromatic carbocycles. The van der Waals surface area contributed by atoms with Gasteiger partial charge in [0, 0.05) is 25.0 Å². The maximum Gasteiger partial charge on any atom is 0.299 e. The summed E-state index contributed by atoms with van der Waals surface area (Å²) in [5, 5.41) is 10.7. The van der Waals surface area contributed by atoms with Crippen LogP contribution in [0, 0.1) is 17.3 Å². The molecule has 2 atom stereocenters. The second kappa shape index (κ2) is 8.54. The third-order valence-electron chi connectivity index (χ3n) is 4.72. The van der Waals surface area contributed by atoms with Crippen LogP contribution in [0.4, 0.5) is 0 Å². The summed E-state index contributed by atoms with van der Waals surface area (Å²) in [4.78, 5) is 28.7. The first kappa shape index (κ1) is 20.7. The van der Waals surface area contributed by atoms with E-state index in [0.29, 0.717) is 12.1 Å². The van der Waals surface area contributed by atoms with E-state index in [9.17, 15) is 14.7 Å². The zero-order chi connectivity index (χ0) is 21.0. The standard InChI is InChI=1S/C23H26N2O4/c1-23(2,3)11-9-21(27)25(13-17-7-5-4-6-8-17)19-14-24(15-20(19)26)22(28)18-10-12-29-16-18/h4-8,10,12,16,19-20,26H,13-15H2,1-3H3/t19-,20-/m1/s1. The van der Waals surface area contributed by atoms with Gasteiger partial charge in [-0.05, 0) is 38.3 Å². The second-order valence-corrected chi connectivity index (χ2v) is 8.28. The summed E-state index contributed by atoms with van der Waals surface area (Å²) in [6, 6.07) is 10.6. The number of nitrogens with zero attached hydrogens (tertiary/aromatic N) is 2. The van der Waals surface area contributed by atoms with Crippen molar-refractivity contribution in [3.63, 3.8) is 0 Å². The normalized spacial score (nSPS) is 18.8. The minimum absolute atomic E-state index is 0.153. The second-order valence-electron chi connectivity index (χ2n) is 8.28. The number of hydrogen-bond donors (Lipinski definition) is 1. The monoisotopic (exact) mass is 394 g/mol. The van der Waals surface area contributed by atoms with Crippen molar-refractivity contribution in [2.45, 2.75) is 39.5 Å². The molecule has 2 amide bonds. The number of rotatable bonds is 4. The molecule has 0 spiro atoms. The zero-order valence-electron chi connectivity index (χ0n) is 17.0. The topological polar surface area (TPSA) is 74.0 Å². The molecule has 2 aromatic rings. The van der Waals surface area contributed by atoms with E-state index in [1.54, 1.807) is 15.9 Å². The van der Waals surface area contributed by atoms with Crippen molar-refractivity contribution in [1.29, 1.82) is 0 Å². The van der Waals surface area contributed by atoms with Crippen LogP contribution < -0.4 is 0 Å². The highest BCUT2D eigenvalue weighted by Crippen LogP contribution is 2.22. The van der Waals surface area contributed by atoms with Crippen molar-refractivity contribution in [3.05, 3.63) is 60.1 Å². The SMILES string of the molecule is CC(C)(C)C#CC(=O)N(Cc1ccccc1)[C@@H]1CN(C(=O)c2ccoc2)C[C@H]1O. The molecule has 1 aliphatic rings. The molecule has 1 fully saturated rings. The average Bonchev–Trinajstić information content (AvgIpc) is 3.34. The zero-order valence-corrected chi connectivity index (χ0v) is 17.0. The molecule has 29 heavy (non-hydrogen) atoms. The Morgan fingerprint density at radius 2 is 1.93 bits per heavy atom. The van der Waals surface area contributed by atoms with Crippen molar-refractivity contribution in [3.8, 4) is 11.8 Å². The summed E-state index contributed by atoms with van der Waals surface area (Å²) in [5.74, 6) is 5.10. The molecule has 3 rings (SSSR count). The molecule has 6 heteroatoms. The Hall–Kier alpha value is -3.04. The predicted octanol–water partition coefficient (Wildman–Crippen LogP) is 2.54. The fourth-order valence-electron chi connectivity index (χ4n) is 3.24. The molecular weight excluding hydrogens is 368 g/mol. The third kappa shape index (κ3) is 5.27. The van der Waals surface area contributed by atoms with E-state index < -0.39 is 12.1 Å². The molecule has 0 saturated carbocycles. The van der Waals surface area contributed by atoms with Crippen LogP contribution in [-0.2, 0) is 11.3 Å². The number of furan rings is 1. The van der Waals surface area contributed by atoms with E-state index in [2.05, 4.69) is 11.8 Å². The van der Waals surface area contributed by atoms with Gasteiger partial charge in [0.2, 0.25) is 0 Å². The van der Waals surface area contributed by atoms with Gasteiger partial charge in [0.25, 0.3) is 11.8 Å². The van der Waals surface area contributed by atoms with Gasteiger partial charge in [-0.2, -0.15) is 0 Å². The van der Waals surface area contributed by atoms with Gasteiger partial charge in [-0.25, -0.2) is 0 Å². The van der Waals surface area contributed by atoms with Gasteiger partial charge < -0.3 is 19.3 Å². The summed E-state index contributed by atoms with van der Waals surface area (Å²) in [6.07, 6.45) is 1.96. The number of likely N-dealkylation sites (tertiary alicyclic amines) is 1. The number of aliphatic hydroxyl groups is 1. The maximum atomic E-state index is 13.0.